The average Bonchev–Trinajstić information content (AvgIpc) is 2.67. The lowest BCUT2D eigenvalue weighted by Gasteiger charge is -2.42. The molecule has 3 aliphatic rings. The van der Waals surface area contributed by atoms with E-state index in [1.807, 2.05) is 0 Å². The third-order valence-corrected chi connectivity index (χ3v) is 5.37. The van der Waals surface area contributed by atoms with E-state index in [4.69, 9.17) is 9.47 Å². The van der Waals surface area contributed by atoms with E-state index in [-0.39, 0.29) is 11.1 Å². The van der Waals surface area contributed by atoms with Gasteiger partial charge in [0, 0.05) is 0 Å². The first-order valence-electron chi connectivity index (χ1n) is 8.79. The van der Waals surface area contributed by atoms with Gasteiger partial charge in [-0.2, -0.15) is 0 Å². The van der Waals surface area contributed by atoms with E-state index in [0.717, 1.165) is 0 Å². The number of aliphatic hydroxyl groups excluding tert-OH is 6. The molecule has 6 N–H and O–H groups in total. The van der Waals surface area contributed by atoms with Crippen LogP contribution in [0, 0.1) is 5.92 Å². The predicted molar refractivity (Wildman–Crippen MR) is 92.8 cm³/mol. The average molecular weight is 392 g/mol. The van der Waals surface area contributed by atoms with Crippen molar-refractivity contribution >= 4 is 5.78 Å². The van der Waals surface area contributed by atoms with Gasteiger partial charge in [0.2, 0.25) is 0 Å². The quantitative estimate of drug-likeness (QED) is 0.385. The maximum atomic E-state index is 12.9. The Hall–Kier alpha value is -2.43. The SMILES string of the molecule is O=C1c2ccccc2O[C@@H]2C=C(O)C([C@H]3O[C@@H](CO)[C@@H](O)[C@@H](O)[C@H]3O)=C(O)[C@H]12. The molecule has 0 saturated carbocycles. The van der Waals surface area contributed by atoms with E-state index in [2.05, 4.69) is 0 Å². The van der Waals surface area contributed by atoms with Crippen LogP contribution in [0.5, 0.6) is 5.75 Å². The largest absolute Gasteiger partial charge is 0.511 e. The molecule has 2 aliphatic heterocycles. The van der Waals surface area contributed by atoms with Crippen LogP contribution in [0.25, 0.3) is 0 Å². The number of hydrogen-bond donors (Lipinski definition) is 6. The Morgan fingerprint density at radius 1 is 1.00 bits per heavy atom. The summed E-state index contributed by atoms with van der Waals surface area (Å²) in [6, 6.07) is 6.48. The fourth-order valence-electron chi connectivity index (χ4n) is 3.89. The lowest BCUT2D eigenvalue weighted by molar-refractivity contribution is -0.220. The topological polar surface area (TPSA) is 157 Å². The number of ether oxygens (including phenoxy) is 2. The molecule has 0 aromatic heterocycles. The van der Waals surface area contributed by atoms with Gasteiger partial charge in [-0.1, -0.05) is 12.1 Å². The third-order valence-electron chi connectivity index (χ3n) is 5.37. The highest BCUT2D eigenvalue weighted by atomic mass is 16.5. The number of rotatable bonds is 2. The highest BCUT2D eigenvalue weighted by Crippen LogP contribution is 2.41. The molecular formula is C19H20O9. The van der Waals surface area contributed by atoms with Gasteiger partial charge < -0.3 is 40.1 Å². The number of aliphatic hydroxyl groups is 6. The number of carbonyl (C=O) groups excluding carboxylic acids is 1. The van der Waals surface area contributed by atoms with Crippen LogP contribution in [0.2, 0.25) is 0 Å². The Bertz CT molecular complexity index is 859. The molecular weight excluding hydrogens is 372 g/mol. The minimum absolute atomic E-state index is 0.262. The van der Waals surface area contributed by atoms with Crippen LogP contribution in [0.3, 0.4) is 0 Å². The normalized spacial score (nSPS) is 37.6. The fraction of sp³-hybridized carbons (Fsp3) is 0.421. The second-order valence-electron chi connectivity index (χ2n) is 7.02. The molecule has 0 radical (unpaired) electrons. The molecule has 150 valence electrons. The molecule has 7 atom stereocenters. The molecule has 1 aromatic rings. The molecule has 0 unspecified atom stereocenters. The van der Waals surface area contributed by atoms with E-state index in [1.165, 1.54) is 6.08 Å². The molecule has 1 aliphatic carbocycles. The molecule has 1 fully saturated rings. The Kier molecular flexibility index (Phi) is 4.64. The molecule has 0 spiro atoms. The summed E-state index contributed by atoms with van der Waals surface area (Å²) < 4.78 is 11.1. The number of para-hydroxylation sites is 1. The van der Waals surface area contributed by atoms with Crippen LogP contribution in [-0.4, -0.2) is 79.7 Å². The maximum absolute atomic E-state index is 12.9. The molecule has 28 heavy (non-hydrogen) atoms. The number of Topliss-reactive ketones (excluding diaryl/α,β-unsaturated/α-hetero) is 1. The van der Waals surface area contributed by atoms with Crippen molar-refractivity contribution in [3.8, 4) is 5.75 Å². The van der Waals surface area contributed by atoms with Gasteiger partial charge >= 0.3 is 0 Å². The third kappa shape index (κ3) is 2.71. The highest BCUT2D eigenvalue weighted by Gasteiger charge is 2.50. The number of fused-ring (bicyclic) bond motifs is 2. The summed E-state index contributed by atoms with van der Waals surface area (Å²) in [5.74, 6) is -2.34. The van der Waals surface area contributed by atoms with Crippen LogP contribution in [0.1, 0.15) is 10.4 Å². The van der Waals surface area contributed by atoms with Crippen LogP contribution in [-0.2, 0) is 4.74 Å². The first-order valence-corrected chi connectivity index (χ1v) is 8.79. The Balaban J connectivity index is 1.75. The zero-order valence-electron chi connectivity index (χ0n) is 14.5. The van der Waals surface area contributed by atoms with Gasteiger partial charge in [0.25, 0.3) is 0 Å². The van der Waals surface area contributed by atoms with Gasteiger partial charge in [0.15, 0.2) is 5.78 Å². The van der Waals surface area contributed by atoms with Crippen molar-refractivity contribution in [3.63, 3.8) is 0 Å². The number of benzene rings is 1. The summed E-state index contributed by atoms with van der Waals surface area (Å²) in [6.07, 6.45) is -7.45. The van der Waals surface area contributed by atoms with E-state index in [0.29, 0.717) is 5.75 Å². The minimum Gasteiger partial charge on any atom is -0.511 e. The van der Waals surface area contributed by atoms with Gasteiger partial charge in [-0.3, -0.25) is 4.79 Å². The second kappa shape index (κ2) is 6.87. The standard InChI is InChI=1S/C19H20O9/c20-6-11-15(23)17(25)18(26)19(28-11)12-8(21)5-10-13(16(12)24)14(22)7-3-1-2-4-9(7)27-10/h1-5,10-11,13,15,17-21,23-26H,6H2/t10-,11+,13+,15-,17-,18-,19-/m1/s1. The van der Waals surface area contributed by atoms with Gasteiger partial charge in [0.1, 0.15) is 59.8 Å². The summed E-state index contributed by atoms with van der Waals surface area (Å²) in [6.45, 7) is -0.665. The Labute approximate surface area is 159 Å². The van der Waals surface area contributed by atoms with Gasteiger partial charge in [-0.05, 0) is 18.2 Å². The number of ketones is 1. The van der Waals surface area contributed by atoms with Crippen molar-refractivity contribution < 1.29 is 44.9 Å². The lowest BCUT2D eigenvalue weighted by Crippen LogP contribution is -2.59. The van der Waals surface area contributed by atoms with Gasteiger partial charge in [-0.15, -0.1) is 0 Å². The molecule has 9 nitrogen and oxygen atoms in total. The van der Waals surface area contributed by atoms with Crippen molar-refractivity contribution in [2.45, 2.75) is 36.6 Å². The van der Waals surface area contributed by atoms with Gasteiger partial charge in [0.05, 0.1) is 17.7 Å². The Morgan fingerprint density at radius 2 is 1.71 bits per heavy atom. The highest BCUT2D eigenvalue weighted by molar-refractivity contribution is 6.03. The van der Waals surface area contributed by atoms with Crippen LogP contribution >= 0.6 is 0 Å². The summed E-state index contributed by atoms with van der Waals surface area (Å²) in [5.41, 5.74) is -0.0345. The molecule has 1 aromatic carbocycles. The maximum Gasteiger partial charge on any atom is 0.181 e. The van der Waals surface area contributed by atoms with Gasteiger partial charge in [-0.25, -0.2) is 0 Å². The van der Waals surface area contributed by atoms with Crippen LogP contribution < -0.4 is 4.74 Å². The summed E-state index contributed by atoms with van der Waals surface area (Å²) in [4.78, 5) is 12.9. The molecule has 0 amide bonds. The van der Waals surface area contributed by atoms with Crippen molar-refractivity contribution in [2.75, 3.05) is 6.61 Å². The van der Waals surface area contributed by atoms with E-state index in [1.54, 1.807) is 24.3 Å². The van der Waals surface area contributed by atoms with Crippen LogP contribution in [0.15, 0.2) is 47.4 Å². The lowest BCUT2D eigenvalue weighted by atomic mass is 9.79. The van der Waals surface area contributed by atoms with Crippen molar-refractivity contribution in [1.82, 2.24) is 0 Å². The molecule has 0 bridgehead atoms. The molecule has 9 heteroatoms. The monoisotopic (exact) mass is 392 g/mol. The smallest absolute Gasteiger partial charge is 0.181 e. The van der Waals surface area contributed by atoms with Crippen molar-refractivity contribution in [1.29, 1.82) is 0 Å². The van der Waals surface area contributed by atoms with E-state index in [9.17, 15) is 35.4 Å². The number of carbonyl (C=O) groups is 1. The molecule has 1 saturated heterocycles. The first-order chi connectivity index (χ1) is 13.3. The minimum atomic E-state index is -1.71. The van der Waals surface area contributed by atoms with Crippen LogP contribution in [0.4, 0.5) is 0 Å². The zero-order chi connectivity index (χ0) is 20.2. The second-order valence-corrected chi connectivity index (χ2v) is 7.02. The summed E-state index contributed by atoms with van der Waals surface area (Å²) >= 11 is 0. The zero-order valence-corrected chi connectivity index (χ0v) is 14.5. The fourth-order valence-corrected chi connectivity index (χ4v) is 3.89. The number of hydrogen-bond acceptors (Lipinski definition) is 9. The van der Waals surface area contributed by atoms with Crippen molar-refractivity contribution in [2.24, 2.45) is 5.92 Å². The summed E-state index contributed by atoms with van der Waals surface area (Å²) in [5, 5.41) is 60.8. The first kappa shape index (κ1) is 18.9. The summed E-state index contributed by atoms with van der Waals surface area (Å²) in [7, 11) is 0. The van der Waals surface area contributed by atoms with E-state index < -0.39 is 66.5 Å². The van der Waals surface area contributed by atoms with E-state index >= 15 is 0 Å². The molecule has 2 heterocycles. The molecule has 4 rings (SSSR count). The van der Waals surface area contributed by atoms with Crippen molar-refractivity contribution in [3.05, 3.63) is 53.0 Å². The Morgan fingerprint density at radius 3 is 2.43 bits per heavy atom. The predicted octanol–water partition coefficient (Wildman–Crippen LogP) is -0.644.